The summed E-state index contributed by atoms with van der Waals surface area (Å²) >= 11 is 3.35. The smallest absolute Gasteiger partial charge is 0.225 e. The van der Waals surface area contributed by atoms with Gasteiger partial charge < -0.3 is 9.64 Å². The first-order valence-electron chi connectivity index (χ1n) is 7.47. The van der Waals surface area contributed by atoms with Crippen LogP contribution < -0.4 is 9.64 Å². The van der Waals surface area contributed by atoms with Crippen molar-refractivity contribution in [1.82, 2.24) is 24.6 Å². The lowest BCUT2D eigenvalue weighted by atomic mass is 10.1. The molecule has 3 aromatic heterocycles. The second kappa shape index (κ2) is 6.11. The van der Waals surface area contributed by atoms with Crippen molar-refractivity contribution in [2.24, 2.45) is 0 Å². The number of aromatic nitrogens is 5. The number of rotatable bonds is 3. The van der Waals surface area contributed by atoms with Crippen LogP contribution in [0.5, 0.6) is 5.88 Å². The maximum atomic E-state index is 6.01. The zero-order valence-corrected chi connectivity index (χ0v) is 13.9. The first kappa shape index (κ1) is 14.4. The fourth-order valence-corrected chi connectivity index (χ4v) is 2.88. The van der Waals surface area contributed by atoms with Gasteiger partial charge in [0.1, 0.15) is 6.10 Å². The van der Waals surface area contributed by atoms with Gasteiger partial charge in [-0.1, -0.05) is 0 Å². The molecule has 0 radical (unpaired) electrons. The van der Waals surface area contributed by atoms with Crippen molar-refractivity contribution >= 4 is 27.5 Å². The van der Waals surface area contributed by atoms with Crippen LogP contribution >= 0.6 is 15.9 Å². The van der Waals surface area contributed by atoms with Gasteiger partial charge in [0.05, 0.1) is 10.7 Å². The summed E-state index contributed by atoms with van der Waals surface area (Å²) in [4.78, 5) is 15.3. The molecule has 0 spiro atoms. The average molecular weight is 375 g/mol. The summed E-state index contributed by atoms with van der Waals surface area (Å²) < 4.78 is 8.62. The van der Waals surface area contributed by atoms with Gasteiger partial charge >= 0.3 is 0 Å². The Morgan fingerprint density at radius 2 is 1.91 bits per heavy atom. The normalized spacial score (nSPS) is 16.0. The predicted molar refractivity (Wildman–Crippen MR) is 88.6 cm³/mol. The molecule has 4 heterocycles. The highest BCUT2D eigenvalue weighted by molar-refractivity contribution is 9.10. The molecular weight excluding hydrogens is 360 g/mol. The molecule has 23 heavy (non-hydrogen) atoms. The molecule has 0 atom stereocenters. The Balaban J connectivity index is 1.38. The van der Waals surface area contributed by atoms with Crippen molar-refractivity contribution in [2.45, 2.75) is 18.9 Å². The zero-order chi connectivity index (χ0) is 15.6. The minimum absolute atomic E-state index is 0.166. The number of nitrogens with zero attached hydrogens (tertiary/aromatic N) is 6. The van der Waals surface area contributed by atoms with E-state index in [0.29, 0.717) is 5.88 Å². The van der Waals surface area contributed by atoms with Gasteiger partial charge in [0, 0.05) is 56.7 Å². The minimum Gasteiger partial charge on any atom is -0.474 e. The number of hydrogen-bond donors (Lipinski definition) is 0. The van der Waals surface area contributed by atoms with E-state index in [1.807, 2.05) is 18.3 Å². The third kappa shape index (κ3) is 3.12. The summed E-state index contributed by atoms with van der Waals surface area (Å²) in [6.45, 7) is 1.75. The van der Waals surface area contributed by atoms with Gasteiger partial charge in [-0.2, -0.15) is 10.1 Å². The first-order valence-corrected chi connectivity index (χ1v) is 8.27. The second-order valence-corrected chi connectivity index (χ2v) is 6.32. The van der Waals surface area contributed by atoms with Crippen LogP contribution in [0.3, 0.4) is 0 Å². The highest BCUT2D eigenvalue weighted by Crippen LogP contribution is 2.20. The van der Waals surface area contributed by atoms with Crippen LogP contribution in [0.2, 0.25) is 0 Å². The topological polar surface area (TPSA) is 68.4 Å². The third-order valence-corrected chi connectivity index (χ3v) is 4.26. The lowest BCUT2D eigenvalue weighted by Crippen LogP contribution is -2.39. The first-order chi connectivity index (χ1) is 11.3. The fourth-order valence-electron chi connectivity index (χ4n) is 2.67. The van der Waals surface area contributed by atoms with Crippen LogP contribution in [0.15, 0.2) is 41.4 Å². The van der Waals surface area contributed by atoms with Crippen molar-refractivity contribution in [3.8, 4) is 5.88 Å². The summed E-state index contributed by atoms with van der Waals surface area (Å²) in [5.41, 5.74) is 0.795. The summed E-state index contributed by atoms with van der Waals surface area (Å²) in [6, 6.07) is 3.71. The molecule has 7 nitrogen and oxygen atoms in total. The summed E-state index contributed by atoms with van der Waals surface area (Å²) in [5, 5.41) is 4.13. The molecule has 1 fully saturated rings. The van der Waals surface area contributed by atoms with Gasteiger partial charge in [0.2, 0.25) is 11.8 Å². The van der Waals surface area contributed by atoms with Gasteiger partial charge in [-0.05, 0) is 15.9 Å². The molecule has 0 saturated carbocycles. The molecule has 0 amide bonds. The van der Waals surface area contributed by atoms with Crippen molar-refractivity contribution < 1.29 is 4.74 Å². The van der Waals surface area contributed by atoms with Crippen LogP contribution in [0.4, 0.5) is 5.95 Å². The molecule has 0 N–H and O–H groups in total. The monoisotopic (exact) mass is 374 g/mol. The van der Waals surface area contributed by atoms with Crippen LogP contribution in [-0.2, 0) is 0 Å². The van der Waals surface area contributed by atoms with Crippen LogP contribution in [0, 0.1) is 0 Å². The molecule has 1 aliphatic rings. The van der Waals surface area contributed by atoms with E-state index in [2.05, 4.69) is 40.9 Å². The number of hydrogen-bond acceptors (Lipinski definition) is 6. The van der Waals surface area contributed by atoms with Gasteiger partial charge in [-0.25, -0.2) is 14.5 Å². The van der Waals surface area contributed by atoms with Crippen molar-refractivity contribution in [3.63, 3.8) is 0 Å². The van der Waals surface area contributed by atoms with Gasteiger partial charge in [-0.15, -0.1) is 0 Å². The predicted octanol–water partition coefficient (Wildman–Crippen LogP) is 2.33. The van der Waals surface area contributed by atoms with E-state index in [4.69, 9.17) is 4.74 Å². The Morgan fingerprint density at radius 3 is 2.70 bits per heavy atom. The van der Waals surface area contributed by atoms with Crippen molar-refractivity contribution in [1.29, 1.82) is 0 Å². The van der Waals surface area contributed by atoms with E-state index >= 15 is 0 Å². The van der Waals surface area contributed by atoms with Gasteiger partial charge in [0.25, 0.3) is 0 Å². The summed E-state index contributed by atoms with van der Waals surface area (Å²) in [7, 11) is 0. The van der Waals surface area contributed by atoms with Crippen LogP contribution in [0.1, 0.15) is 12.8 Å². The van der Waals surface area contributed by atoms with Gasteiger partial charge in [-0.3, -0.25) is 0 Å². The lowest BCUT2D eigenvalue weighted by Gasteiger charge is -2.31. The molecule has 0 aliphatic carbocycles. The molecule has 0 aromatic carbocycles. The number of halogens is 1. The highest BCUT2D eigenvalue weighted by Gasteiger charge is 2.22. The standard InChI is InChI=1S/C15H15BrN6O/c16-11-9-17-15(18-10-11)21-6-2-12(3-7-21)23-14-4-8-22-13(20-14)1-5-19-22/h1,4-5,8-10,12H,2-3,6-7H2. The number of fused-ring (bicyclic) bond motifs is 1. The average Bonchev–Trinajstić information content (AvgIpc) is 3.04. The third-order valence-electron chi connectivity index (χ3n) is 3.85. The lowest BCUT2D eigenvalue weighted by molar-refractivity contribution is 0.163. The largest absolute Gasteiger partial charge is 0.474 e. The Morgan fingerprint density at radius 1 is 1.13 bits per heavy atom. The van der Waals surface area contributed by atoms with E-state index < -0.39 is 0 Å². The van der Waals surface area contributed by atoms with E-state index in [1.54, 1.807) is 23.1 Å². The summed E-state index contributed by atoms with van der Waals surface area (Å²) in [6.07, 6.45) is 9.15. The van der Waals surface area contributed by atoms with E-state index in [-0.39, 0.29) is 6.10 Å². The molecule has 1 aliphatic heterocycles. The molecule has 8 heteroatoms. The van der Waals surface area contributed by atoms with Gasteiger partial charge in [0.15, 0.2) is 5.65 Å². The maximum absolute atomic E-state index is 6.01. The molecule has 1 saturated heterocycles. The molecule has 4 rings (SSSR count). The Labute approximate surface area is 141 Å². The number of anilines is 1. The van der Waals surface area contributed by atoms with Crippen LogP contribution in [-0.4, -0.2) is 43.8 Å². The molecule has 0 bridgehead atoms. The molecular formula is C15H15BrN6O. The van der Waals surface area contributed by atoms with Crippen molar-refractivity contribution in [3.05, 3.63) is 41.4 Å². The van der Waals surface area contributed by atoms with E-state index in [1.165, 1.54) is 0 Å². The molecule has 118 valence electrons. The van der Waals surface area contributed by atoms with Crippen molar-refractivity contribution in [2.75, 3.05) is 18.0 Å². The zero-order valence-electron chi connectivity index (χ0n) is 12.3. The Kier molecular flexibility index (Phi) is 3.82. The number of piperidine rings is 1. The summed E-state index contributed by atoms with van der Waals surface area (Å²) in [5.74, 6) is 1.42. The SMILES string of the molecule is Brc1cnc(N2CCC(Oc3ccn4nccc4n3)CC2)nc1. The fraction of sp³-hybridized carbons (Fsp3) is 0.333. The molecule has 0 unspecified atom stereocenters. The van der Waals surface area contributed by atoms with E-state index in [9.17, 15) is 0 Å². The highest BCUT2D eigenvalue weighted by atomic mass is 79.9. The Bertz CT molecular complexity index is 797. The quantitative estimate of drug-likeness (QED) is 0.700. The molecule has 3 aromatic rings. The maximum Gasteiger partial charge on any atom is 0.225 e. The van der Waals surface area contributed by atoms with Crippen LogP contribution in [0.25, 0.3) is 5.65 Å². The Hall–Kier alpha value is -2.22. The second-order valence-electron chi connectivity index (χ2n) is 5.41. The number of ether oxygens (including phenoxy) is 1. The minimum atomic E-state index is 0.166. The van der Waals surface area contributed by atoms with E-state index in [0.717, 1.165) is 42.0 Å².